The van der Waals surface area contributed by atoms with Crippen molar-refractivity contribution in [3.05, 3.63) is 88.4 Å². The zero-order valence-corrected chi connectivity index (χ0v) is 17.1. The lowest BCUT2D eigenvalue weighted by Crippen LogP contribution is -2.33. The average Bonchev–Trinajstić information content (AvgIpc) is 2.73. The molecule has 1 aliphatic heterocycles. The van der Waals surface area contributed by atoms with E-state index in [4.69, 9.17) is 4.74 Å². The fraction of sp³-hybridized carbons (Fsp3) is 0.130. The zero-order valence-electron chi connectivity index (χ0n) is 15.5. The van der Waals surface area contributed by atoms with Crippen molar-refractivity contribution in [1.82, 2.24) is 5.32 Å². The number of nitrogens with one attached hydrogen (secondary N) is 2. The third-order valence-corrected chi connectivity index (χ3v) is 5.25. The lowest BCUT2D eigenvalue weighted by molar-refractivity contribution is -0.122. The number of halogens is 1. The highest BCUT2D eigenvalue weighted by Gasteiger charge is 2.32. The number of rotatable bonds is 5. The van der Waals surface area contributed by atoms with E-state index in [1.54, 1.807) is 0 Å². The molecule has 0 aromatic heterocycles. The van der Waals surface area contributed by atoms with Gasteiger partial charge in [0.2, 0.25) is 11.8 Å². The quantitative estimate of drug-likeness (QED) is 0.584. The highest BCUT2D eigenvalue weighted by molar-refractivity contribution is 9.10. The molecule has 0 aliphatic carbocycles. The van der Waals surface area contributed by atoms with Gasteiger partial charge in [0.1, 0.15) is 11.5 Å². The number of amides is 2. The van der Waals surface area contributed by atoms with Crippen LogP contribution in [0.25, 0.3) is 0 Å². The number of ether oxygens (including phenoxy) is 1. The summed E-state index contributed by atoms with van der Waals surface area (Å²) >= 11 is 3.36. The Morgan fingerprint density at radius 1 is 0.862 bits per heavy atom. The zero-order chi connectivity index (χ0) is 20.2. The van der Waals surface area contributed by atoms with E-state index in [0.29, 0.717) is 11.5 Å². The summed E-state index contributed by atoms with van der Waals surface area (Å²) in [7, 11) is 0. The van der Waals surface area contributed by atoms with Gasteiger partial charge in [0.05, 0.1) is 5.92 Å². The lowest BCUT2D eigenvalue weighted by Gasteiger charge is -2.27. The second-order valence-electron chi connectivity index (χ2n) is 6.71. The van der Waals surface area contributed by atoms with Crippen LogP contribution >= 0.6 is 15.9 Å². The van der Waals surface area contributed by atoms with Crippen LogP contribution in [0.4, 0.5) is 5.69 Å². The van der Waals surface area contributed by atoms with E-state index in [2.05, 4.69) is 26.6 Å². The molecule has 146 valence electrons. The van der Waals surface area contributed by atoms with Gasteiger partial charge < -0.3 is 15.4 Å². The van der Waals surface area contributed by atoms with Crippen LogP contribution < -0.4 is 15.4 Å². The number of para-hydroxylation sites is 2. The number of benzene rings is 3. The van der Waals surface area contributed by atoms with E-state index in [1.807, 2.05) is 72.8 Å². The minimum absolute atomic E-state index is 0.148. The van der Waals surface area contributed by atoms with Crippen molar-refractivity contribution in [1.29, 1.82) is 0 Å². The molecule has 29 heavy (non-hydrogen) atoms. The molecule has 1 heterocycles. The van der Waals surface area contributed by atoms with Crippen LogP contribution in [0.5, 0.6) is 11.5 Å². The van der Waals surface area contributed by atoms with Crippen LogP contribution in [0.1, 0.15) is 23.5 Å². The molecule has 3 aromatic carbocycles. The standard InChI is InChI=1S/C23H19BrN2O3/c24-15-9-11-16(12-10-15)26-21(27)13-14-25-23(28)22-17-5-1-3-7-19(17)29-20-8-4-2-6-18(20)22/h1-12,22H,13-14H2,(H,25,28)(H,26,27). The number of hydrogen-bond acceptors (Lipinski definition) is 3. The lowest BCUT2D eigenvalue weighted by atomic mass is 9.87. The fourth-order valence-electron chi connectivity index (χ4n) is 3.35. The molecule has 1 aliphatic rings. The van der Waals surface area contributed by atoms with E-state index in [9.17, 15) is 9.59 Å². The Kier molecular flexibility index (Phi) is 5.62. The number of fused-ring (bicyclic) bond motifs is 2. The maximum Gasteiger partial charge on any atom is 0.232 e. The Morgan fingerprint density at radius 2 is 1.45 bits per heavy atom. The number of anilines is 1. The SMILES string of the molecule is O=C(CCNC(=O)C1c2ccccc2Oc2ccccc21)Nc1ccc(Br)cc1. The van der Waals surface area contributed by atoms with Crippen molar-refractivity contribution < 1.29 is 14.3 Å². The van der Waals surface area contributed by atoms with Crippen LogP contribution in [-0.4, -0.2) is 18.4 Å². The second kappa shape index (κ2) is 8.49. The van der Waals surface area contributed by atoms with E-state index >= 15 is 0 Å². The van der Waals surface area contributed by atoms with Gasteiger partial charge in [-0.05, 0) is 36.4 Å². The maximum absolute atomic E-state index is 13.0. The molecule has 0 atom stereocenters. The first kappa shape index (κ1) is 19.2. The summed E-state index contributed by atoms with van der Waals surface area (Å²) in [5.74, 6) is 0.592. The fourth-order valence-corrected chi connectivity index (χ4v) is 3.61. The Morgan fingerprint density at radius 3 is 2.07 bits per heavy atom. The van der Waals surface area contributed by atoms with Crippen molar-refractivity contribution >= 4 is 33.4 Å². The summed E-state index contributed by atoms with van der Waals surface area (Å²) in [6.45, 7) is 0.253. The average molecular weight is 451 g/mol. The number of hydrogen-bond donors (Lipinski definition) is 2. The van der Waals surface area contributed by atoms with Crippen molar-refractivity contribution in [2.24, 2.45) is 0 Å². The molecule has 4 rings (SSSR count). The van der Waals surface area contributed by atoms with E-state index in [-0.39, 0.29) is 24.8 Å². The summed E-state index contributed by atoms with van der Waals surface area (Å²) < 4.78 is 6.87. The first-order chi connectivity index (χ1) is 14.1. The third kappa shape index (κ3) is 4.32. The van der Waals surface area contributed by atoms with Gasteiger partial charge in [-0.15, -0.1) is 0 Å². The predicted octanol–water partition coefficient (Wildman–Crippen LogP) is 4.83. The molecule has 2 amide bonds. The van der Waals surface area contributed by atoms with E-state index in [1.165, 1.54) is 0 Å². The number of carbonyl (C=O) groups is 2. The molecule has 0 saturated carbocycles. The van der Waals surface area contributed by atoms with Crippen LogP contribution in [0.15, 0.2) is 77.3 Å². The van der Waals surface area contributed by atoms with Crippen LogP contribution in [0.2, 0.25) is 0 Å². The normalized spacial score (nSPS) is 12.3. The Hall–Kier alpha value is -3.12. The Balaban J connectivity index is 1.41. The molecule has 0 radical (unpaired) electrons. The van der Waals surface area contributed by atoms with Crippen molar-refractivity contribution in [3.8, 4) is 11.5 Å². The maximum atomic E-state index is 13.0. The Bertz CT molecular complexity index is 1000. The summed E-state index contributed by atoms with van der Waals surface area (Å²) in [6, 6.07) is 22.4. The van der Waals surface area contributed by atoms with E-state index < -0.39 is 5.92 Å². The van der Waals surface area contributed by atoms with Gasteiger partial charge in [-0.2, -0.15) is 0 Å². The first-order valence-corrected chi connectivity index (χ1v) is 10.1. The molecule has 0 bridgehead atoms. The van der Waals surface area contributed by atoms with Crippen LogP contribution in [0, 0.1) is 0 Å². The van der Waals surface area contributed by atoms with Gasteiger partial charge in [-0.3, -0.25) is 9.59 Å². The highest BCUT2D eigenvalue weighted by Crippen LogP contribution is 2.43. The molecule has 3 aromatic rings. The molecule has 2 N–H and O–H groups in total. The van der Waals surface area contributed by atoms with Gasteiger partial charge >= 0.3 is 0 Å². The molecule has 0 saturated heterocycles. The molecular formula is C23H19BrN2O3. The third-order valence-electron chi connectivity index (χ3n) is 4.72. The first-order valence-electron chi connectivity index (χ1n) is 9.30. The topological polar surface area (TPSA) is 67.4 Å². The molecule has 0 spiro atoms. The Labute approximate surface area is 177 Å². The van der Waals surface area contributed by atoms with Gasteiger partial charge in [0, 0.05) is 34.3 Å². The minimum Gasteiger partial charge on any atom is -0.457 e. The predicted molar refractivity (Wildman–Crippen MR) is 115 cm³/mol. The van der Waals surface area contributed by atoms with Gasteiger partial charge in [0.25, 0.3) is 0 Å². The molecule has 5 nitrogen and oxygen atoms in total. The molecule has 0 unspecified atom stereocenters. The molecule has 0 fully saturated rings. The summed E-state index contributed by atoms with van der Waals surface area (Å²) in [5, 5.41) is 5.72. The van der Waals surface area contributed by atoms with Crippen LogP contribution in [0.3, 0.4) is 0 Å². The molecule has 6 heteroatoms. The van der Waals surface area contributed by atoms with Crippen molar-refractivity contribution in [2.75, 3.05) is 11.9 Å². The summed E-state index contributed by atoms with van der Waals surface area (Å²) in [5.41, 5.74) is 2.36. The smallest absolute Gasteiger partial charge is 0.232 e. The van der Waals surface area contributed by atoms with Gasteiger partial charge in [-0.25, -0.2) is 0 Å². The summed E-state index contributed by atoms with van der Waals surface area (Å²) in [4.78, 5) is 25.2. The van der Waals surface area contributed by atoms with Crippen LogP contribution in [-0.2, 0) is 9.59 Å². The largest absolute Gasteiger partial charge is 0.457 e. The van der Waals surface area contributed by atoms with Crippen molar-refractivity contribution in [2.45, 2.75) is 12.3 Å². The second-order valence-corrected chi connectivity index (χ2v) is 7.62. The van der Waals surface area contributed by atoms with E-state index in [0.717, 1.165) is 21.3 Å². The monoisotopic (exact) mass is 450 g/mol. The highest BCUT2D eigenvalue weighted by atomic mass is 79.9. The minimum atomic E-state index is -0.467. The van der Waals surface area contributed by atoms with Crippen molar-refractivity contribution in [3.63, 3.8) is 0 Å². The van der Waals surface area contributed by atoms with Gasteiger partial charge in [0.15, 0.2) is 0 Å². The molecular weight excluding hydrogens is 432 g/mol. The van der Waals surface area contributed by atoms with Gasteiger partial charge in [-0.1, -0.05) is 52.3 Å². The summed E-state index contributed by atoms with van der Waals surface area (Å²) in [6.07, 6.45) is 0.189. The number of carbonyl (C=O) groups excluding carboxylic acids is 2.